The third-order valence-corrected chi connectivity index (χ3v) is 6.66. The molecule has 30 heavy (non-hydrogen) atoms. The number of amides is 1. The zero-order valence-electron chi connectivity index (χ0n) is 18.4. The van der Waals surface area contributed by atoms with Crippen LogP contribution in [0.2, 0.25) is 0 Å². The maximum Gasteiger partial charge on any atom is 0.413 e. The van der Waals surface area contributed by atoms with Crippen LogP contribution in [0.25, 0.3) is 0 Å². The number of rotatable bonds is 7. The number of benzene rings is 1. The molecule has 6 nitrogen and oxygen atoms in total. The van der Waals surface area contributed by atoms with Crippen LogP contribution in [0.15, 0.2) is 22.5 Å². The molecule has 1 heterocycles. The summed E-state index contributed by atoms with van der Waals surface area (Å²) in [4.78, 5) is 24.7. The number of hydrogen-bond acceptors (Lipinski definition) is 4. The van der Waals surface area contributed by atoms with Crippen molar-refractivity contribution in [3.63, 3.8) is 0 Å². The van der Waals surface area contributed by atoms with E-state index >= 15 is 0 Å². The Morgan fingerprint density at radius 1 is 1.27 bits per heavy atom. The molecule has 1 aliphatic rings. The number of nitrogens with zero attached hydrogens (tertiary/aromatic N) is 4. The zero-order valence-corrected chi connectivity index (χ0v) is 19.2. The number of aromatic nitrogens is 1. The second-order valence-corrected chi connectivity index (χ2v) is 9.05. The van der Waals surface area contributed by atoms with Gasteiger partial charge in [0.05, 0.1) is 17.0 Å². The van der Waals surface area contributed by atoms with Gasteiger partial charge in [0.25, 0.3) is 0 Å². The summed E-state index contributed by atoms with van der Waals surface area (Å²) in [5.74, 6) is 0.576. The average molecular weight is 429 g/mol. The molecule has 1 fully saturated rings. The van der Waals surface area contributed by atoms with Crippen LogP contribution >= 0.6 is 11.3 Å². The Labute approximate surface area is 183 Å². The molecule has 1 amide bonds. The molecule has 0 unspecified atom stereocenters. The number of aliphatic imine (C=N–C) groups is 1. The van der Waals surface area contributed by atoms with E-state index in [-0.39, 0.29) is 6.04 Å². The highest BCUT2D eigenvalue weighted by Gasteiger charge is 2.28. The van der Waals surface area contributed by atoms with Gasteiger partial charge < -0.3 is 10.0 Å². The molecular formula is C23H32N4O2S. The highest BCUT2D eigenvalue weighted by molar-refractivity contribution is 7.10. The lowest BCUT2D eigenvalue weighted by Crippen LogP contribution is -2.41. The highest BCUT2D eigenvalue weighted by Crippen LogP contribution is 2.30. The van der Waals surface area contributed by atoms with Crippen molar-refractivity contribution >= 4 is 35.3 Å². The molecule has 0 radical (unpaired) electrons. The molecule has 2 aromatic rings. The molecule has 0 spiro atoms. The normalized spacial score (nSPS) is 14.9. The zero-order chi connectivity index (χ0) is 21.7. The van der Waals surface area contributed by atoms with Crippen LogP contribution in [0.3, 0.4) is 0 Å². The number of aryl methyl sites for hydroxylation is 2. The average Bonchev–Trinajstić information content (AvgIpc) is 3.17. The summed E-state index contributed by atoms with van der Waals surface area (Å²) in [6.07, 6.45) is 6.89. The van der Waals surface area contributed by atoms with E-state index in [0.717, 1.165) is 48.5 Å². The van der Waals surface area contributed by atoms with Gasteiger partial charge in [-0.3, -0.25) is 4.90 Å². The Morgan fingerprint density at radius 2 is 2.00 bits per heavy atom. The monoisotopic (exact) mass is 428 g/mol. The lowest BCUT2D eigenvalue weighted by molar-refractivity contribution is 0.196. The van der Waals surface area contributed by atoms with E-state index in [1.54, 1.807) is 0 Å². The second-order valence-electron chi connectivity index (χ2n) is 8.10. The van der Waals surface area contributed by atoms with E-state index < -0.39 is 6.09 Å². The van der Waals surface area contributed by atoms with Crippen molar-refractivity contribution < 1.29 is 9.90 Å². The van der Waals surface area contributed by atoms with Crippen molar-refractivity contribution in [2.75, 3.05) is 18.5 Å². The van der Waals surface area contributed by atoms with Gasteiger partial charge in [0.1, 0.15) is 5.82 Å². The van der Waals surface area contributed by atoms with Gasteiger partial charge in [0.15, 0.2) is 0 Å². The van der Waals surface area contributed by atoms with Crippen LogP contribution in [-0.4, -0.2) is 47.1 Å². The predicted molar refractivity (Wildman–Crippen MR) is 125 cm³/mol. The molecule has 0 atom stereocenters. The fourth-order valence-electron chi connectivity index (χ4n) is 3.87. The molecule has 3 rings (SSSR count). The summed E-state index contributed by atoms with van der Waals surface area (Å²) >= 11 is 1.54. The molecule has 1 aromatic carbocycles. The van der Waals surface area contributed by atoms with Gasteiger partial charge in [-0.2, -0.15) is 0 Å². The van der Waals surface area contributed by atoms with Crippen molar-refractivity contribution in [1.29, 1.82) is 0 Å². The number of carboxylic acid groups (broad SMARTS) is 1. The predicted octanol–water partition coefficient (Wildman–Crippen LogP) is 5.78. The molecule has 1 aliphatic carbocycles. The molecule has 7 heteroatoms. The number of hydrogen-bond donors (Lipinski definition) is 1. The second kappa shape index (κ2) is 10.1. The van der Waals surface area contributed by atoms with Gasteiger partial charge in [-0.1, -0.05) is 25.3 Å². The van der Waals surface area contributed by atoms with E-state index in [2.05, 4.69) is 37.9 Å². The van der Waals surface area contributed by atoms with Crippen LogP contribution < -0.4 is 4.90 Å². The van der Waals surface area contributed by atoms with E-state index in [9.17, 15) is 9.90 Å². The minimum atomic E-state index is -0.898. The molecule has 0 saturated heterocycles. The van der Waals surface area contributed by atoms with Crippen LogP contribution in [-0.2, 0) is 6.42 Å². The Balaban J connectivity index is 1.77. The smallest absolute Gasteiger partial charge is 0.413 e. The van der Waals surface area contributed by atoms with E-state index in [1.165, 1.54) is 33.8 Å². The lowest BCUT2D eigenvalue weighted by Gasteiger charge is -2.30. The van der Waals surface area contributed by atoms with Crippen molar-refractivity contribution in [2.45, 2.75) is 65.3 Å². The fourth-order valence-corrected chi connectivity index (χ4v) is 4.66. The summed E-state index contributed by atoms with van der Waals surface area (Å²) < 4.78 is 0. The highest BCUT2D eigenvalue weighted by atomic mass is 32.1. The Morgan fingerprint density at radius 3 is 2.67 bits per heavy atom. The first-order valence-corrected chi connectivity index (χ1v) is 11.6. The third-order valence-electron chi connectivity index (χ3n) is 5.82. The van der Waals surface area contributed by atoms with Crippen molar-refractivity contribution in [1.82, 2.24) is 9.88 Å². The lowest BCUT2D eigenvalue weighted by atomic mass is 9.94. The van der Waals surface area contributed by atoms with Crippen LogP contribution in [0.4, 0.5) is 16.3 Å². The minimum Gasteiger partial charge on any atom is -0.465 e. The number of thiazole rings is 1. The summed E-state index contributed by atoms with van der Waals surface area (Å²) in [5, 5.41) is 12.6. The van der Waals surface area contributed by atoms with Gasteiger partial charge >= 0.3 is 6.09 Å². The van der Waals surface area contributed by atoms with Gasteiger partial charge in [-0.25, -0.2) is 14.8 Å². The SMILES string of the molecule is CCN(C)C=Nc1cc(C)c(Cc2nc(N(C(=O)O)C3CCCCC3)cs2)cc1C. The Kier molecular flexibility index (Phi) is 7.48. The summed E-state index contributed by atoms with van der Waals surface area (Å²) in [5.41, 5.74) is 4.48. The molecular weight excluding hydrogens is 396 g/mol. The van der Waals surface area contributed by atoms with E-state index in [1.807, 2.05) is 23.7 Å². The number of carbonyl (C=O) groups is 1. The fraction of sp³-hybridized carbons (Fsp3) is 0.522. The molecule has 162 valence electrons. The third kappa shape index (κ3) is 5.39. The van der Waals surface area contributed by atoms with Crippen molar-refractivity contribution in [3.8, 4) is 0 Å². The first kappa shape index (κ1) is 22.3. The van der Waals surface area contributed by atoms with Gasteiger partial charge in [0.2, 0.25) is 0 Å². The maximum absolute atomic E-state index is 11.9. The van der Waals surface area contributed by atoms with Gasteiger partial charge in [0, 0.05) is 31.4 Å². The van der Waals surface area contributed by atoms with Gasteiger partial charge in [-0.15, -0.1) is 11.3 Å². The van der Waals surface area contributed by atoms with Crippen LogP contribution in [0, 0.1) is 13.8 Å². The standard InChI is InChI=1S/C23H32N4O2S/c1-5-26(4)15-24-20-12-16(2)18(11-17(20)3)13-22-25-21(14-30-22)27(23(28)29)19-9-7-6-8-10-19/h11-12,14-15,19H,5-10,13H2,1-4H3,(H,28,29). The van der Waals surface area contributed by atoms with Crippen LogP contribution in [0.1, 0.15) is 60.7 Å². The minimum absolute atomic E-state index is 0.0496. The summed E-state index contributed by atoms with van der Waals surface area (Å²) in [6, 6.07) is 4.34. The van der Waals surface area contributed by atoms with Gasteiger partial charge in [-0.05, 0) is 56.4 Å². The van der Waals surface area contributed by atoms with E-state index in [4.69, 9.17) is 4.98 Å². The quantitative estimate of drug-likeness (QED) is 0.448. The molecule has 1 saturated carbocycles. The first-order valence-electron chi connectivity index (χ1n) is 10.7. The molecule has 0 aliphatic heterocycles. The van der Waals surface area contributed by atoms with E-state index in [0.29, 0.717) is 12.2 Å². The van der Waals surface area contributed by atoms with Crippen molar-refractivity contribution in [3.05, 3.63) is 39.2 Å². The number of anilines is 1. The Bertz CT molecular complexity index is 903. The largest absolute Gasteiger partial charge is 0.465 e. The van der Waals surface area contributed by atoms with Crippen LogP contribution in [0.5, 0.6) is 0 Å². The molecule has 1 aromatic heterocycles. The Hall–Kier alpha value is -2.41. The molecule has 1 N–H and O–H groups in total. The molecule has 0 bridgehead atoms. The summed E-state index contributed by atoms with van der Waals surface area (Å²) in [7, 11) is 2.01. The van der Waals surface area contributed by atoms with Crippen molar-refractivity contribution in [2.24, 2.45) is 4.99 Å². The maximum atomic E-state index is 11.9. The first-order chi connectivity index (χ1) is 14.4. The summed E-state index contributed by atoms with van der Waals surface area (Å²) in [6.45, 7) is 7.18. The topological polar surface area (TPSA) is 69.0 Å².